The molecule has 1 fully saturated rings. The third-order valence-electron chi connectivity index (χ3n) is 5.26. The number of benzene rings is 1. The van der Waals surface area contributed by atoms with Crippen LogP contribution in [0.15, 0.2) is 35.1 Å². The summed E-state index contributed by atoms with van der Waals surface area (Å²) in [5.74, 6) is 1.61. The second-order valence-electron chi connectivity index (χ2n) is 7.11. The van der Waals surface area contributed by atoms with Crippen molar-refractivity contribution in [2.24, 2.45) is 5.92 Å². The Hall–Kier alpha value is -2.48. The minimum absolute atomic E-state index is 0.0608. The third-order valence-corrected chi connectivity index (χ3v) is 5.79. The van der Waals surface area contributed by atoms with Crippen molar-refractivity contribution in [3.8, 4) is 0 Å². The number of hydrogen-bond acceptors (Lipinski definition) is 5. The van der Waals surface area contributed by atoms with Gasteiger partial charge in [-0.05, 0) is 50.5 Å². The third kappa shape index (κ3) is 3.61. The highest BCUT2D eigenvalue weighted by molar-refractivity contribution is 9.10. The van der Waals surface area contributed by atoms with Crippen molar-refractivity contribution >= 4 is 39.1 Å². The van der Waals surface area contributed by atoms with Crippen molar-refractivity contribution in [3.63, 3.8) is 0 Å². The first kappa shape index (κ1) is 18.9. The van der Waals surface area contributed by atoms with Crippen molar-refractivity contribution in [1.29, 1.82) is 0 Å². The molecule has 1 unspecified atom stereocenters. The molecule has 28 heavy (non-hydrogen) atoms. The number of amides is 1. The lowest BCUT2D eigenvalue weighted by atomic mass is 9.96. The maximum atomic E-state index is 12.9. The first-order valence-corrected chi connectivity index (χ1v) is 10.4. The van der Waals surface area contributed by atoms with Gasteiger partial charge in [-0.1, -0.05) is 22.9 Å². The van der Waals surface area contributed by atoms with Gasteiger partial charge < -0.3 is 10.2 Å². The monoisotopic (exact) mass is 442 g/mol. The summed E-state index contributed by atoms with van der Waals surface area (Å²) in [5, 5.41) is 7.44. The summed E-state index contributed by atoms with van der Waals surface area (Å²) in [4.78, 5) is 24.0. The van der Waals surface area contributed by atoms with E-state index in [1.54, 1.807) is 4.52 Å². The fourth-order valence-corrected chi connectivity index (χ4v) is 4.13. The van der Waals surface area contributed by atoms with Gasteiger partial charge in [-0.2, -0.15) is 14.6 Å². The van der Waals surface area contributed by atoms with Crippen LogP contribution in [0.3, 0.4) is 0 Å². The van der Waals surface area contributed by atoms with E-state index in [4.69, 9.17) is 0 Å². The molecule has 0 saturated carbocycles. The number of nitrogens with zero attached hydrogens (tertiary/aromatic N) is 5. The lowest BCUT2D eigenvalue weighted by Gasteiger charge is -2.34. The molecule has 3 aromatic rings. The van der Waals surface area contributed by atoms with Gasteiger partial charge >= 0.3 is 0 Å². The van der Waals surface area contributed by atoms with Gasteiger partial charge in [0.25, 0.3) is 5.78 Å². The summed E-state index contributed by atoms with van der Waals surface area (Å²) in [6, 6.07) is 7.67. The summed E-state index contributed by atoms with van der Waals surface area (Å²) in [6.07, 6.45) is 4.23. The van der Waals surface area contributed by atoms with Crippen LogP contribution in [0.2, 0.25) is 0 Å². The molecule has 0 radical (unpaired) electrons. The molecule has 7 nitrogen and oxygen atoms in total. The molecular formula is C20H23BrN6O. The van der Waals surface area contributed by atoms with Gasteiger partial charge in [0.15, 0.2) is 0 Å². The van der Waals surface area contributed by atoms with Crippen molar-refractivity contribution in [2.75, 3.05) is 23.3 Å². The molecule has 146 valence electrons. The SMILES string of the molecule is CCc1c(C)nc2ncnn2c1N1CCCC(C(=O)Nc2ccc(Br)cc2)C1. The fourth-order valence-electron chi connectivity index (χ4n) is 3.87. The Balaban J connectivity index is 1.59. The Morgan fingerprint density at radius 2 is 2.11 bits per heavy atom. The molecule has 0 bridgehead atoms. The number of piperidine rings is 1. The van der Waals surface area contributed by atoms with Crippen molar-refractivity contribution in [3.05, 3.63) is 46.3 Å². The minimum atomic E-state index is -0.0749. The number of carbonyl (C=O) groups excluding carboxylic acids is 1. The molecule has 1 saturated heterocycles. The van der Waals surface area contributed by atoms with Gasteiger partial charge in [0.2, 0.25) is 5.91 Å². The van der Waals surface area contributed by atoms with Crippen LogP contribution in [0.25, 0.3) is 5.78 Å². The molecule has 1 aliphatic heterocycles. The fraction of sp³-hybridized carbons (Fsp3) is 0.400. The van der Waals surface area contributed by atoms with E-state index >= 15 is 0 Å². The van der Waals surface area contributed by atoms with Crippen LogP contribution >= 0.6 is 15.9 Å². The maximum absolute atomic E-state index is 12.9. The number of fused-ring (bicyclic) bond motifs is 1. The van der Waals surface area contributed by atoms with Crippen LogP contribution in [0.1, 0.15) is 31.0 Å². The average Bonchev–Trinajstić information content (AvgIpc) is 3.16. The summed E-state index contributed by atoms with van der Waals surface area (Å²) < 4.78 is 2.80. The molecule has 1 atom stereocenters. The van der Waals surface area contributed by atoms with Crippen molar-refractivity contribution in [2.45, 2.75) is 33.1 Å². The Labute approximate surface area is 172 Å². The van der Waals surface area contributed by atoms with E-state index in [0.29, 0.717) is 12.3 Å². The number of anilines is 2. The van der Waals surface area contributed by atoms with Gasteiger partial charge in [-0.3, -0.25) is 4.79 Å². The predicted molar refractivity (Wildman–Crippen MR) is 113 cm³/mol. The van der Waals surface area contributed by atoms with Crippen LogP contribution in [-0.2, 0) is 11.2 Å². The van der Waals surface area contributed by atoms with Crippen LogP contribution in [-0.4, -0.2) is 38.6 Å². The normalized spacial score (nSPS) is 17.1. The quantitative estimate of drug-likeness (QED) is 0.667. The second kappa shape index (κ2) is 7.87. The zero-order valence-electron chi connectivity index (χ0n) is 16.0. The Kier molecular flexibility index (Phi) is 5.30. The van der Waals surface area contributed by atoms with Crippen molar-refractivity contribution in [1.82, 2.24) is 19.6 Å². The van der Waals surface area contributed by atoms with E-state index in [2.05, 4.69) is 48.1 Å². The topological polar surface area (TPSA) is 75.4 Å². The molecule has 0 spiro atoms. The summed E-state index contributed by atoms with van der Waals surface area (Å²) in [7, 11) is 0. The second-order valence-corrected chi connectivity index (χ2v) is 8.02. The van der Waals surface area contributed by atoms with Crippen LogP contribution in [0, 0.1) is 12.8 Å². The first-order chi connectivity index (χ1) is 13.6. The molecule has 8 heteroatoms. The van der Waals surface area contributed by atoms with Gasteiger partial charge in [0.1, 0.15) is 12.1 Å². The zero-order valence-corrected chi connectivity index (χ0v) is 17.6. The predicted octanol–water partition coefficient (Wildman–Crippen LogP) is 3.61. The molecule has 1 amide bonds. The minimum Gasteiger partial charge on any atom is -0.355 e. The van der Waals surface area contributed by atoms with E-state index < -0.39 is 0 Å². The van der Waals surface area contributed by atoms with E-state index in [-0.39, 0.29) is 11.8 Å². The number of aromatic nitrogens is 4. The largest absolute Gasteiger partial charge is 0.355 e. The van der Waals surface area contributed by atoms with Crippen LogP contribution in [0.4, 0.5) is 11.5 Å². The molecule has 3 heterocycles. The standard InChI is InChI=1S/C20H23BrN6O/c1-3-17-13(2)24-20-22-12-23-27(20)19(17)26-10-4-5-14(11-26)18(28)25-16-8-6-15(21)7-9-16/h6-9,12,14H,3-5,10-11H2,1-2H3,(H,25,28). The number of nitrogens with one attached hydrogen (secondary N) is 1. The molecule has 1 aromatic carbocycles. The smallest absolute Gasteiger partial charge is 0.254 e. The van der Waals surface area contributed by atoms with E-state index in [9.17, 15) is 4.79 Å². The summed E-state index contributed by atoms with van der Waals surface area (Å²) in [5.41, 5.74) is 2.95. The molecular weight excluding hydrogens is 420 g/mol. The number of rotatable bonds is 4. The number of hydrogen-bond donors (Lipinski definition) is 1. The van der Waals surface area contributed by atoms with Crippen molar-refractivity contribution < 1.29 is 4.79 Å². The highest BCUT2D eigenvalue weighted by Gasteiger charge is 2.29. The molecule has 0 aliphatic carbocycles. The molecule has 2 aromatic heterocycles. The van der Waals surface area contributed by atoms with Gasteiger partial charge in [-0.25, -0.2) is 4.98 Å². The maximum Gasteiger partial charge on any atom is 0.254 e. The summed E-state index contributed by atoms with van der Waals surface area (Å²) in [6.45, 7) is 5.69. The zero-order chi connectivity index (χ0) is 19.7. The Morgan fingerprint density at radius 1 is 1.32 bits per heavy atom. The number of aryl methyl sites for hydroxylation is 1. The Morgan fingerprint density at radius 3 is 2.86 bits per heavy atom. The van der Waals surface area contributed by atoms with Gasteiger partial charge in [0, 0.05) is 34.5 Å². The highest BCUT2D eigenvalue weighted by atomic mass is 79.9. The molecule has 4 rings (SSSR count). The Bertz CT molecular complexity index is 1000. The molecule has 1 N–H and O–H groups in total. The first-order valence-electron chi connectivity index (χ1n) is 9.57. The van der Waals surface area contributed by atoms with E-state index in [1.165, 1.54) is 6.33 Å². The van der Waals surface area contributed by atoms with E-state index in [0.717, 1.165) is 53.0 Å². The van der Waals surface area contributed by atoms with Crippen LogP contribution < -0.4 is 10.2 Å². The highest BCUT2D eigenvalue weighted by Crippen LogP contribution is 2.29. The average molecular weight is 443 g/mol. The number of halogens is 1. The number of carbonyl (C=O) groups is 1. The lowest BCUT2D eigenvalue weighted by Crippen LogP contribution is -2.42. The van der Waals surface area contributed by atoms with Gasteiger partial charge in [0.05, 0.1) is 5.92 Å². The van der Waals surface area contributed by atoms with E-state index in [1.807, 2.05) is 31.2 Å². The van der Waals surface area contributed by atoms with Crippen LogP contribution in [0.5, 0.6) is 0 Å². The summed E-state index contributed by atoms with van der Waals surface area (Å²) >= 11 is 3.42. The van der Waals surface area contributed by atoms with Gasteiger partial charge in [-0.15, -0.1) is 0 Å². The lowest BCUT2D eigenvalue weighted by molar-refractivity contribution is -0.120. The molecule has 1 aliphatic rings.